The Morgan fingerprint density at radius 1 is 1.30 bits per heavy atom. The fourth-order valence-electron chi connectivity index (χ4n) is 2.00. The number of nitrogens with zero attached hydrogens (tertiary/aromatic N) is 3. The van der Waals surface area contributed by atoms with Crippen molar-refractivity contribution in [2.24, 2.45) is 14.1 Å². The summed E-state index contributed by atoms with van der Waals surface area (Å²) in [6.07, 6.45) is 0.267. The van der Waals surface area contributed by atoms with Gasteiger partial charge in [-0.15, -0.1) is 0 Å². The first-order valence-corrected chi connectivity index (χ1v) is 7.48. The molecule has 0 aliphatic heterocycles. The third-order valence-electron chi connectivity index (χ3n) is 3.27. The van der Waals surface area contributed by atoms with E-state index in [9.17, 15) is 27.6 Å². The summed E-state index contributed by atoms with van der Waals surface area (Å²) < 4.78 is 42.7. The molecule has 1 amide bonds. The summed E-state index contributed by atoms with van der Waals surface area (Å²) in [7, 11) is 2.78. The molecule has 2 aromatic rings. The predicted octanol–water partition coefficient (Wildman–Crippen LogP) is 1.07. The fraction of sp³-hybridized carbons (Fsp3) is 0.250. The Labute approximate surface area is 150 Å². The number of pyridine rings is 1. The maximum absolute atomic E-state index is 12.1. The van der Waals surface area contributed by atoms with Crippen LogP contribution in [0.5, 0.6) is 5.88 Å². The number of aryl methyl sites for hydroxylation is 1. The minimum Gasteiger partial charge on any atom is -0.468 e. The molecule has 0 atom stereocenters. The van der Waals surface area contributed by atoms with Gasteiger partial charge in [0.15, 0.2) is 6.61 Å². The van der Waals surface area contributed by atoms with Gasteiger partial charge in [-0.25, -0.2) is 9.78 Å². The van der Waals surface area contributed by atoms with Crippen LogP contribution in [-0.2, 0) is 18.9 Å². The number of ether oxygens (including phenoxy) is 1. The Bertz CT molecular complexity index is 975. The van der Waals surface area contributed by atoms with Gasteiger partial charge in [0.1, 0.15) is 0 Å². The van der Waals surface area contributed by atoms with Crippen LogP contribution in [-0.4, -0.2) is 32.8 Å². The van der Waals surface area contributed by atoms with Crippen LogP contribution in [0, 0.1) is 0 Å². The molecule has 27 heavy (non-hydrogen) atoms. The second-order valence-electron chi connectivity index (χ2n) is 5.45. The second kappa shape index (κ2) is 7.89. The van der Waals surface area contributed by atoms with Gasteiger partial charge in [0, 0.05) is 32.4 Å². The van der Waals surface area contributed by atoms with Crippen LogP contribution >= 0.6 is 0 Å². The molecular weight excluding hydrogens is 369 g/mol. The molecule has 0 saturated carbocycles. The fourth-order valence-corrected chi connectivity index (χ4v) is 2.00. The zero-order chi connectivity index (χ0) is 20.2. The molecular formula is C16H15F3N4O4. The molecule has 2 aromatic heterocycles. The molecule has 0 aliphatic carbocycles. The molecule has 0 bridgehead atoms. The van der Waals surface area contributed by atoms with Crippen LogP contribution < -0.4 is 21.3 Å². The molecule has 0 saturated heterocycles. The molecule has 0 unspecified atom stereocenters. The highest BCUT2D eigenvalue weighted by atomic mass is 19.4. The van der Waals surface area contributed by atoms with E-state index in [-0.39, 0.29) is 17.1 Å². The lowest BCUT2D eigenvalue weighted by Crippen LogP contribution is -2.37. The number of anilines is 1. The van der Waals surface area contributed by atoms with E-state index in [0.717, 1.165) is 16.8 Å². The van der Waals surface area contributed by atoms with Crippen molar-refractivity contribution in [3.05, 3.63) is 57.0 Å². The number of nitrogens with one attached hydrogen (secondary N) is 1. The first-order chi connectivity index (χ1) is 12.6. The molecule has 144 valence electrons. The number of rotatable bonds is 5. The van der Waals surface area contributed by atoms with Crippen LogP contribution in [0.4, 0.5) is 18.9 Å². The Hall–Kier alpha value is -3.37. The number of hydrogen-bond acceptors (Lipinski definition) is 5. The van der Waals surface area contributed by atoms with Crippen LogP contribution in [0.15, 0.2) is 40.2 Å². The van der Waals surface area contributed by atoms with Crippen molar-refractivity contribution >= 4 is 17.7 Å². The second-order valence-corrected chi connectivity index (χ2v) is 5.45. The quantitative estimate of drug-likeness (QED) is 0.779. The largest absolute Gasteiger partial charge is 0.468 e. The smallest absolute Gasteiger partial charge is 0.422 e. The SMILES string of the molecule is Cn1cc(/C=C/C(=O)Nc2ccc(OCC(F)(F)F)nc2)c(=O)n(C)c1=O. The third-order valence-corrected chi connectivity index (χ3v) is 3.27. The lowest BCUT2D eigenvalue weighted by atomic mass is 10.3. The average Bonchev–Trinajstić information content (AvgIpc) is 2.60. The van der Waals surface area contributed by atoms with Crippen LogP contribution in [0.2, 0.25) is 0 Å². The first-order valence-electron chi connectivity index (χ1n) is 7.48. The number of aromatic nitrogens is 3. The minimum absolute atomic E-state index is 0.128. The van der Waals surface area contributed by atoms with Crippen molar-refractivity contribution in [3.8, 4) is 5.88 Å². The maximum Gasteiger partial charge on any atom is 0.422 e. The number of hydrogen-bond donors (Lipinski definition) is 1. The van der Waals surface area contributed by atoms with Crippen molar-refractivity contribution < 1.29 is 22.7 Å². The third kappa shape index (κ3) is 5.56. The van der Waals surface area contributed by atoms with E-state index in [0.29, 0.717) is 0 Å². The molecule has 8 nitrogen and oxygen atoms in total. The summed E-state index contributed by atoms with van der Waals surface area (Å²) in [6, 6.07) is 2.49. The van der Waals surface area contributed by atoms with E-state index in [1.54, 1.807) is 0 Å². The van der Waals surface area contributed by atoms with Crippen molar-refractivity contribution in [1.29, 1.82) is 0 Å². The summed E-state index contributed by atoms with van der Waals surface area (Å²) in [4.78, 5) is 39.1. The highest BCUT2D eigenvalue weighted by Gasteiger charge is 2.28. The topological polar surface area (TPSA) is 95.2 Å². The highest BCUT2D eigenvalue weighted by molar-refractivity contribution is 6.01. The Morgan fingerprint density at radius 3 is 2.59 bits per heavy atom. The minimum atomic E-state index is -4.47. The first kappa shape index (κ1) is 19.9. The molecule has 0 fully saturated rings. The van der Waals surface area contributed by atoms with Crippen molar-refractivity contribution in [3.63, 3.8) is 0 Å². The number of carbonyl (C=O) groups is 1. The van der Waals surface area contributed by atoms with E-state index < -0.39 is 29.9 Å². The van der Waals surface area contributed by atoms with Crippen LogP contribution in [0.25, 0.3) is 6.08 Å². The van der Waals surface area contributed by atoms with Crippen LogP contribution in [0.1, 0.15) is 5.56 Å². The van der Waals surface area contributed by atoms with Gasteiger partial charge in [-0.3, -0.25) is 14.2 Å². The predicted molar refractivity (Wildman–Crippen MR) is 90.4 cm³/mol. The van der Waals surface area contributed by atoms with Gasteiger partial charge in [0.05, 0.1) is 17.4 Å². The zero-order valence-electron chi connectivity index (χ0n) is 14.3. The van der Waals surface area contributed by atoms with Crippen molar-refractivity contribution in [1.82, 2.24) is 14.1 Å². The zero-order valence-corrected chi connectivity index (χ0v) is 14.3. The molecule has 0 aromatic carbocycles. The van der Waals surface area contributed by atoms with Gasteiger partial charge in [-0.2, -0.15) is 13.2 Å². The number of alkyl halides is 3. The van der Waals surface area contributed by atoms with Gasteiger partial charge in [-0.05, 0) is 12.1 Å². The van der Waals surface area contributed by atoms with Gasteiger partial charge in [0.2, 0.25) is 11.8 Å². The lowest BCUT2D eigenvalue weighted by Gasteiger charge is -2.08. The molecule has 11 heteroatoms. The molecule has 1 N–H and O–H groups in total. The van der Waals surface area contributed by atoms with E-state index in [1.165, 1.54) is 43.1 Å². The van der Waals surface area contributed by atoms with E-state index >= 15 is 0 Å². The van der Waals surface area contributed by atoms with Gasteiger partial charge in [0.25, 0.3) is 5.56 Å². The Kier molecular flexibility index (Phi) is 5.83. The number of carbonyl (C=O) groups excluding carboxylic acids is 1. The van der Waals surface area contributed by atoms with Crippen LogP contribution in [0.3, 0.4) is 0 Å². The normalized spacial score (nSPS) is 11.6. The van der Waals surface area contributed by atoms with Crippen molar-refractivity contribution in [2.75, 3.05) is 11.9 Å². The summed E-state index contributed by atoms with van der Waals surface area (Å²) in [6.45, 7) is -1.47. The molecule has 0 aliphatic rings. The number of halogens is 3. The summed E-state index contributed by atoms with van der Waals surface area (Å²) >= 11 is 0. The standard InChI is InChI=1S/C16H15F3N4O4/c1-22-8-10(14(25)23(2)15(22)26)3-5-12(24)21-11-4-6-13(20-7-11)27-9-16(17,18)19/h3-8H,9H2,1-2H3,(H,21,24)/b5-3+. The van der Waals surface area contributed by atoms with Gasteiger partial charge in [-0.1, -0.05) is 0 Å². The van der Waals surface area contributed by atoms with E-state index in [1.807, 2.05) is 0 Å². The number of amides is 1. The summed E-state index contributed by atoms with van der Waals surface area (Å²) in [5.74, 6) is -0.841. The molecule has 2 rings (SSSR count). The lowest BCUT2D eigenvalue weighted by molar-refractivity contribution is -0.154. The summed E-state index contributed by atoms with van der Waals surface area (Å²) in [5.41, 5.74) is -0.711. The maximum atomic E-state index is 12.1. The molecule has 0 spiro atoms. The Morgan fingerprint density at radius 2 is 2.00 bits per heavy atom. The summed E-state index contributed by atoms with van der Waals surface area (Å²) in [5, 5.41) is 2.43. The highest BCUT2D eigenvalue weighted by Crippen LogP contribution is 2.18. The van der Waals surface area contributed by atoms with Gasteiger partial charge < -0.3 is 14.6 Å². The monoisotopic (exact) mass is 384 g/mol. The van der Waals surface area contributed by atoms with E-state index in [4.69, 9.17) is 0 Å². The average molecular weight is 384 g/mol. The van der Waals surface area contributed by atoms with Gasteiger partial charge >= 0.3 is 11.9 Å². The van der Waals surface area contributed by atoms with E-state index in [2.05, 4.69) is 15.0 Å². The Balaban J connectivity index is 2.03. The molecule has 0 radical (unpaired) electrons. The van der Waals surface area contributed by atoms with Crippen molar-refractivity contribution in [2.45, 2.75) is 6.18 Å². The molecule has 2 heterocycles.